The van der Waals surface area contributed by atoms with Crippen LogP contribution in [0, 0.1) is 5.82 Å². The maximum atomic E-state index is 13.0. The Morgan fingerprint density at radius 3 is 3.00 bits per heavy atom. The molecule has 0 saturated heterocycles. The van der Waals surface area contributed by atoms with Gasteiger partial charge in [-0.3, -0.25) is 0 Å². The number of primary amides is 1. The van der Waals surface area contributed by atoms with Gasteiger partial charge in [-0.25, -0.2) is 14.6 Å². The first-order valence-corrected chi connectivity index (χ1v) is 4.01. The van der Waals surface area contributed by atoms with Crippen molar-refractivity contribution in [1.82, 2.24) is 5.43 Å². The molecular weight excluding hydrogens is 209 g/mol. The Kier molecular flexibility index (Phi) is 3.41. The van der Waals surface area contributed by atoms with Gasteiger partial charge in [0.15, 0.2) is 0 Å². The fourth-order valence-electron chi connectivity index (χ4n) is 0.779. The summed E-state index contributed by atoms with van der Waals surface area (Å²) in [6.45, 7) is 0. The molecule has 0 aliphatic carbocycles. The highest BCUT2D eigenvalue weighted by Gasteiger charge is 1.99. The molecule has 0 heterocycles. The van der Waals surface area contributed by atoms with Gasteiger partial charge in [-0.2, -0.15) is 5.10 Å². The number of hydrazone groups is 1. The van der Waals surface area contributed by atoms with Gasteiger partial charge in [0.1, 0.15) is 5.82 Å². The molecular formula is C8H7ClFN3O. The molecule has 0 unspecified atom stereocenters. The summed E-state index contributed by atoms with van der Waals surface area (Å²) < 4.78 is 13.0. The van der Waals surface area contributed by atoms with E-state index >= 15 is 0 Å². The van der Waals surface area contributed by atoms with E-state index in [9.17, 15) is 9.18 Å². The van der Waals surface area contributed by atoms with Crippen molar-refractivity contribution in [3.05, 3.63) is 34.6 Å². The summed E-state index contributed by atoms with van der Waals surface area (Å²) in [5.74, 6) is -0.482. The summed E-state index contributed by atoms with van der Waals surface area (Å²) in [4.78, 5) is 10.2. The molecule has 0 aromatic heterocycles. The molecule has 1 aromatic carbocycles. The Bertz CT molecular complexity index is 381. The van der Waals surface area contributed by atoms with Crippen LogP contribution >= 0.6 is 11.6 Å². The van der Waals surface area contributed by atoms with E-state index in [0.717, 1.165) is 6.21 Å². The summed E-state index contributed by atoms with van der Waals surface area (Å²) in [5, 5.41) is 3.78. The third-order valence-electron chi connectivity index (χ3n) is 1.34. The fraction of sp³-hybridized carbons (Fsp3) is 0. The molecule has 1 rings (SSSR count). The maximum absolute atomic E-state index is 13.0. The standard InChI is InChI=1S/C8H7ClFN3O/c9-6-1-2-7(10)5(3-6)4-12-13-8(11)14/h1-4H,(H3,11,13,14)/b12-4+. The summed E-state index contributed by atoms with van der Waals surface area (Å²) in [6.07, 6.45) is 1.12. The maximum Gasteiger partial charge on any atom is 0.332 e. The van der Waals surface area contributed by atoms with E-state index in [1.165, 1.54) is 18.2 Å². The SMILES string of the molecule is NC(=O)N/N=C/c1cc(Cl)ccc1F. The van der Waals surface area contributed by atoms with E-state index in [0.29, 0.717) is 5.02 Å². The van der Waals surface area contributed by atoms with Crippen LogP contribution in [0.3, 0.4) is 0 Å². The average molecular weight is 216 g/mol. The molecule has 3 N–H and O–H groups in total. The normalized spacial score (nSPS) is 10.4. The Hall–Kier alpha value is -1.62. The summed E-state index contributed by atoms with van der Waals surface area (Å²) >= 11 is 5.62. The topological polar surface area (TPSA) is 67.5 Å². The minimum absolute atomic E-state index is 0.172. The number of urea groups is 1. The van der Waals surface area contributed by atoms with Crippen molar-refractivity contribution >= 4 is 23.8 Å². The number of hydrogen-bond acceptors (Lipinski definition) is 2. The molecule has 1 aromatic rings. The third-order valence-corrected chi connectivity index (χ3v) is 1.57. The third kappa shape index (κ3) is 3.02. The van der Waals surface area contributed by atoms with Crippen LogP contribution in [0.4, 0.5) is 9.18 Å². The van der Waals surface area contributed by atoms with E-state index < -0.39 is 11.8 Å². The van der Waals surface area contributed by atoms with Crippen LogP contribution in [0.15, 0.2) is 23.3 Å². The highest BCUT2D eigenvalue weighted by Crippen LogP contribution is 2.12. The highest BCUT2D eigenvalue weighted by atomic mass is 35.5. The smallest absolute Gasteiger partial charge is 0.332 e. The zero-order valence-corrected chi connectivity index (χ0v) is 7.75. The number of carbonyl (C=O) groups excluding carboxylic acids is 1. The van der Waals surface area contributed by atoms with Crippen LogP contribution in [0.2, 0.25) is 5.02 Å². The van der Waals surface area contributed by atoms with E-state index in [2.05, 4.69) is 5.10 Å². The molecule has 0 saturated carbocycles. The van der Waals surface area contributed by atoms with Crippen molar-refractivity contribution in [3.63, 3.8) is 0 Å². The summed E-state index contributed by atoms with van der Waals surface area (Å²) in [7, 11) is 0. The summed E-state index contributed by atoms with van der Waals surface area (Å²) in [5.41, 5.74) is 6.85. The Balaban J connectivity index is 2.80. The molecule has 0 spiro atoms. The van der Waals surface area contributed by atoms with Gasteiger partial charge < -0.3 is 5.73 Å². The molecule has 14 heavy (non-hydrogen) atoms. The van der Waals surface area contributed by atoms with Gasteiger partial charge in [0.2, 0.25) is 0 Å². The number of nitrogens with zero attached hydrogens (tertiary/aromatic N) is 1. The predicted octanol–water partition coefficient (Wildman–Crippen LogP) is 1.48. The van der Waals surface area contributed by atoms with Gasteiger partial charge in [0.25, 0.3) is 0 Å². The van der Waals surface area contributed by atoms with Crippen LogP contribution in [0.1, 0.15) is 5.56 Å². The summed E-state index contributed by atoms with van der Waals surface area (Å²) in [6, 6.07) is 3.18. The zero-order chi connectivity index (χ0) is 10.6. The molecule has 0 radical (unpaired) electrons. The predicted molar refractivity (Wildman–Crippen MR) is 51.7 cm³/mol. The molecule has 6 heteroatoms. The lowest BCUT2D eigenvalue weighted by Gasteiger charge is -1.96. The Morgan fingerprint density at radius 2 is 2.36 bits per heavy atom. The first kappa shape index (κ1) is 10.5. The average Bonchev–Trinajstić information content (AvgIpc) is 2.10. The van der Waals surface area contributed by atoms with Crippen molar-refractivity contribution in [3.8, 4) is 0 Å². The van der Waals surface area contributed by atoms with Gasteiger partial charge >= 0.3 is 6.03 Å². The van der Waals surface area contributed by atoms with Crippen LogP contribution in [-0.2, 0) is 0 Å². The second-order valence-electron chi connectivity index (χ2n) is 2.40. The Morgan fingerprint density at radius 1 is 1.64 bits per heavy atom. The van der Waals surface area contributed by atoms with Crippen molar-refractivity contribution in [1.29, 1.82) is 0 Å². The van der Waals surface area contributed by atoms with E-state index in [1.54, 1.807) is 0 Å². The number of nitrogens with two attached hydrogens (primary N) is 1. The first-order chi connectivity index (χ1) is 6.59. The van der Waals surface area contributed by atoms with Crippen molar-refractivity contribution < 1.29 is 9.18 Å². The van der Waals surface area contributed by atoms with Gasteiger partial charge in [-0.05, 0) is 18.2 Å². The van der Waals surface area contributed by atoms with E-state index in [1.807, 2.05) is 5.43 Å². The second-order valence-corrected chi connectivity index (χ2v) is 2.84. The lowest BCUT2D eigenvalue weighted by molar-refractivity contribution is 0.249. The van der Waals surface area contributed by atoms with Gasteiger partial charge in [-0.1, -0.05) is 11.6 Å². The number of rotatable bonds is 2. The van der Waals surface area contributed by atoms with E-state index in [4.69, 9.17) is 17.3 Å². The number of halogens is 2. The second kappa shape index (κ2) is 4.57. The first-order valence-electron chi connectivity index (χ1n) is 3.63. The minimum Gasteiger partial charge on any atom is -0.350 e. The fourth-order valence-corrected chi connectivity index (χ4v) is 0.960. The quantitative estimate of drug-likeness (QED) is 0.570. The molecule has 0 fully saturated rings. The zero-order valence-electron chi connectivity index (χ0n) is 7.00. The molecule has 0 aliphatic rings. The van der Waals surface area contributed by atoms with Crippen molar-refractivity contribution in [2.24, 2.45) is 10.8 Å². The number of hydrogen-bond donors (Lipinski definition) is 2. The number of benzene rings is 1. The van der Waals surface area contributed by atoms with Crippen LogP contribution < -0.4 is 11.2 Å². The van der Waals surface area contributed by atoms with E-state index in [-0.39, 0.29) is 5.56 Å². The van der Waals surface area contributed by atoms with Gasteiger partial charge in [0.05, 0.1) is 6.21 Å². The molecule has 0 bridgehead atoms. The Labute approximate surface area is 84.5 Å². The molecule has 4 nitrogen and oxygen atoms in total. The van der Waals surface area contributed by atoms with Crippen molar-refractivity contribution in [2.75, 3.05) is 0 Å². The van der Waals surface area contributed by atoms with Crippen LogP contribution in [0.5, 0.6) is 0 Å². The lowest BCUT2D eigenvalue weighted by Crippen LogP contribution is -2.24. The molecule has 0 aliphatic heterocycles. The molecule has 0 atom stereocenters. The minimum atomic E-state index is -0.816. The molecule has 2 amide bonds. The van der Waals surface area contributed by atoms with Crippen LogP contribution in [0.25, 0.3) is 0 Å². The highest BCUT2D eigenvalue weighted by molar-refractivity contribution is 6.30. The van der Waals surface area contributed by atoms with Gasteiger partial charge in [0, 0.05) is 10.6 Å². The molecule has 74 valence electrons. The lowest BCUT2D eigenvalue weighted by atomic mass is 10.2. The number of amides is 2. The monoisotopic (exact) mass is 215 g/mol. The van der Waals surface area contributed by atoms with Crippen LogP contribution in [-0.4, -0.2) is 12.2 Å². The van der Waals surface area contributed by atoms with Gasteiger partial charge in [-0.15, -0.1) is 0 Å². The number of carbonyl (C=O) groups is 1. The number of nitrogens with one attached hydrogen (secondary N) is 1. The van der Waals surface area contributed by atoms with Crippen molar-refractivity contribution in [2.45, 2.75) is 0 Å². The largest absolute Gasteiger partial charge is 0.350 e.